The second kappa shape index (κ2) is 3.59. The van der Waals surface area contributed by atoms with E-state index in [4.69, 9.17) is 5.73 Å². The maximum atomic E-state index is 6.18. The van der Waals surface area contributed by atoms with Gasteiger partial charge in [-0.05, 0) is 48.0 Å². The molecule has 2 aliphatic rings. The van der Waals surface area contributed by atoms with Gasteiger partial charge in [-0.15, -0.1) is 0 Å². The van der Waals surface area contributed by atoms with Crippen LogP contribution in [0.2, 0.25) is 0 Å². The Morgan fingerprint density at radius 2 is 2.07 bits per heavy atom. The average molecular weight is 270 g/mol. The first-order valence-electron chi connectivity index (χ1n) is 5.79. The van der Waals surface area contributed by atoms with Gasteiger partial charge in [-0.25, -0.2) is 4.98 Å². The van der Waals surface area contributed by atoms with E-state index < -0.39 is 0 Å². The van der Waals surface area contributed by atoms with Crippen molar-refractivity contribution in [1.82, 2.24) is 9.55 Å². The molecule has 1 aromatic heterocycles. The molecule has 1 fully saturated rings. The van der Waals surface area contributed by atoms with Gasteiger partial charge in [-0.1, -0.05) is 6.42 Å². The summed E-state index contributed by atoms with van der Waals surface area (Å²) in [5, 5.41) is 0. The van der Waals surface area contributed by atoms with Gasteiger partial charge in [0, 0.05) is 5.92 Å². The van der Waals surface area contributed by atoms with Crippen LogP contribution in [0.15, 0.2) is 4.60 Å². The largest absolute Gasteiger partial charge is 0.315 e. The highest BCUT2D eigenvalue weighted by Gasteiger charge is 2.30. The molecule has 3 rings (SSSR count). The molecule has 3 nitrogen and oxygen atoms in total. The fourth-order valence-electron chi connectivity index (χ4n) is 2.61. The van der Waals surface area contributed by atoms with Crippen molar-refractivity contribution in [2.45, 2.75) is 50.6 Å². The van der Waals surface area contributed by atoms with Crippen LogP contribution in [0.25, 0.3) is 0 Å². The summed E-state index contributed by atoms with van der Waals surface area (Å²) in [6.07, 6.45) is 7.48. The second-order valence-corrected chi connectivity index (χ2v) is 5.42. The topological polar surface area (TPSA) is 43.8 Å². The molecule has 1 aliphatic heterocycles. The molecule has 0 bridgehead atoms. The van der Waals surface area contributed by atoms with Crippen LogP contribution < -0.4 is 5.73 Å². The van der Waals surface area contributed by atoms with Gasteiger partial charge in [0.1, 0.15) is 10.4 Å². The molecule has 0 amide bonds. The van der Waals surface area contributed by atoms with Gasteiger partial charge in [0.2, 0.25) is 0 Å². The van der Waals surface area contributed by atoms with Crippen LogP contribution in [0.4, 0.5) is 0 Å². The molecule has 0 radical (unpaired) electrons. The van der Waals surface area contributed by atoms with E-state index in [1.54, 1.807) is 0 Å². The minimum atomic E-state index is 0.156. The van der Waals surface area contributed by atoms with E-state index in [1.807, 2.05) is 0 Å². The third-order valence-electron chi connectivity index (χ3n) is 3.70. The molecule has 1 aromatic rings. The Morgan fingerprint density at radius 3 is 2.73 bits per heavy atom. The lowest BCUT2D eigenvalue weighted by atomic mass is 9.84. The van der Waals surface area contributed by atoms with Crippen LogP contribution in [-0.4, -0.2) is 9.55 Å². The van der Waals surface area contributed by atoms with Crippen LogP contribution in [0.1, 0.15) is 55.7 Å². The van der Waals surface area contributed by atoms with Gasteiger partial charge < -0.3 is 10.3 Å². The van der Waals surface area contributed by atoms with Crippen LogP contribution in [0, 0.1) is 0 Å². The van der Waals surface area contributed by atoms with E-state index >= 15 is 0 Å². The standard InChI is InChI=1S/C11H16BrN3/c12-10-8-5-2-6-9(13)15(8)11(14-10)7-3-1-4-7/h7,9H,1-6,13H2. The zero-order chi connectivity index (χ0) is 10.4. The monoisotopic (exact) mass is 269 g/mol. The normalized spacial score (nSPS) is 26.1. The van der Waals surface area contributed by atoms with E-state index in [9.17, 15) is 0 Å². The molecule has 0 spiro atoms. The minimum Gasteiger partial charge on any atom is -0.315 e. The molecule has 0 saturated heterocycles. The van der Waals surface area contributed by atoms with Crippen LogP contribution >= 0.6 is 15.9 Å². The predicted octanol–water partition coefficient (Wildman–Crippen LogP) is 2.71. The third kappa shape index (κ3) is 1.46. The quantitative estimate of drug-likeness (QED) is 0.852. The molecule has 1 aliphatic carbocycles. The maximum Gasteiger partial charge on any atom is 0.127 e. The predicted molar refractivity (Wildman–Crippen MR) is 62.7 cm³/mol. The maximum absolute atomic E-state index is 6.18. The summed E-state index contributed by atoms with van der Waals surface area (Å²) in [6, 6.07) is 0. The van der Waals surface area contributed by atoms with E-state index in [2.05, 4.69) is 25.5 Å². The van der Waals surface area contributed by atoms with Gasteiger partial charge in [-0.2, -0.15) is 0 Å². The van der Waals surface area contributed by atoms with Crippen molar-refractivity contribution in [3.05, 3.63) is 16.1 Å². The molecular weight excluding hydrogens is 254 g/mol. The molecule has 1 atom stereocenters. The SMILES string of the molecule is NC1CCCc2c(Br)nc(C3CCC3)n21. The van der Waals surface area contributed by atoms with Crippen molar-refractivity contribution >= 4 is 15.9 Å². The Bertz CT molecular complexity index is 381. The highest BCUT2D eigenvalue weighted by Crippen LogP contribution is 2.40. The first kappa shape index (κ1) is 9.85. The van der Waals surface area contributed by atoms with Crippen LogP contribution in [0.5, 0.6) is 0 Å². The average Bonchev–Trinajstić information content (AvgIpc) is 2.43. The number of hydrogen-bond acceptors (Lipinski definition) is 2. The van der Waals surface area contributed by atoms with Gasteiger partial charge in [-0.3, -0.25) is 0 Å². The molecule has 15 heavy (non-hydrogen) atoms. The number of nitrogens with zero attached hydrogens (tertiary/aromatic N) is 2. The van der Waals surface area contributed by atoms with Gasteiger partial charge >= 0.3 is 0 Å². The fraction of sp³-hybridized carbons (Fsp3) is 0.727. The molecular formula is C11H16BrN3. The molecule has 82 valence electrons. The fourth-order valence-corrected chi connectivity index (χ4v) is 3.18. The molecule has 2 N–H and O–H groups in total. The van der Waals surface area contributed by atoms with Crippen molar-refractivity contribution in [1.29, 1.82) is 0 Å². The Morgan fingerprint density at radius 1 is 1.27 bits per heavy atom. The smallest absolute Gasteiger partial charge is 0.127 e. The summed E-state index contributed by atoms with van der Waals surface area (Å²) in [7, 11) is 0. The number of imidazole rings is 1. The van der Waals surface area contributed by atoms with E-state index in [0.717, 1.165) is 17.4 Å². The Balaban J connectivity index is 2.06. The summed E-state index contributed by atoms with van der Waals surface area (Å²) in [5.41, 5.74) is 7.49. The van der Waals surface area contributed by atoms with E-state index in [-0.39, 0.29) is 6.17 Å². The first-order valence-corrected chi connectivity index (χ1v) is 6.58. The van der Waals surface area contributed by atoms with Gasteiger partial charge in [0.15, 0.2) is 0 Å². The van der Waals surface area contributed by atoms with Crippen LogP contribution in [0.3, 0.4) is 0 Å². The summed E-state index contributed by atoms with van der Waals surface area (Å²) >= 11 is 3.56. The minimum absolute atomic E-state index is 0.156. The first-order chi connectivity index (χ1) is 7.27. The summed E-state index contributed by atoms with van der Waals surface area (Å²) in [5.74, 6) is 1.90. The summed E-state index contributed by atoms with van der Waals surface area (Å²) in [4.78, 5) is 4.66. The number of aromatic nitrogens is 2. The van der Waals surface area contributed by atoms with E-state index in [0.29, 0.717) is 5.92 Å². The lowest BCUT2D eigenvalue weighted by Crippen LogP contribution is -2.28. The van der Waals surface area contributed by atoms with Crippen molar-refractivity contribution in [3.8, 4) is 0 Å². The molecule has 4 heteroatoms. The van der Waals surface area contributed by atoms with Gasteiger partial charge in [0.25, 0.3) is 0 Å². The van der Waals surface area contributed by atoms with Crippen molar-refractivity contribution in [2.75, 3.05) is 0 Å². The molecule has 2 heterocycles. The zero-order valence-corrected chi connectivity index (χ0v) is 10.3. The second-order valence-electron chi connectivity index (χ2n) is 4.66. The number of halogens is 1. The highest BCUT2D eigenvalue weighted by molar-refractivity contribution is 9.10. The van der Waals surface area contributed by atoms with Crippen molar-refractivity contribution in [3.63, 3.8) is 0 Å². The molecule has 1 unspecified atom stereocenters. The number of rotatable bonds is 1. The zero-order valence-electron chi connectivity index (χ0n) is 8.75. The molecule has 0 aromatic carbocycles. The lowest BCUT2D eigenvalue weighted by Gasteiger charge is -2.30. The Labute approximate surface area is 98.2 Å². The Hall–Kier alpha value is -0.350. The Kier molecular flexibility index (Phi) is 2.36. The highest BCUT2D eigenvalue weighted by atomic mass is 79.9. The molecule has 1 saturated carbocycles. The number of fused-ring (bicyclic) bond motifs is 1. The number of hydrogen-bond donors (Lipinski definition) is 1. The van der Waals surface area contributed by atoms with Crippen molar-refractivity contribution in [2.24, 2.45) is 5.73 Å². The van der Waals surface area contributed by atoms with E-state index in [1.165, 1.54) is 37.2 Å². The van der Waals surface area contributed by atoms with Crippen LogP contribution in [-0.2, 0) is 6.42 Å². The van der Waals surface area contributed by atoms with Crippen molar-refractivity contribution < 1.29 is 0 Å². The summed E-state index contributed by atoms with van der Waals surface area (Å²) in [6.45, 7) is 0. The number of nitrogens with two attached hydrogens (primary N) is 1. The van der Waals surface area contributed by atoms with Gasteiger partial charge in [0.05, 0.1) is 11.9 Å². The third-order valence-corrected chi connectivity index (χ3v) is 4.34. The lowest BCUT2D eigenvalue weighted by molar-refractivity contribution is 0.343. The summed E-state index contributed by atoms with van der Waals surface area (Å²) < 4.78 is 3.32.